The number of rotatable bonds is 5. The van der Waals surface area contributed by atoms with E-state index in [9.17, 15) is 14.3 Å². The third-order valence-electron chi connectivity index (χ3n) is 3.21. The molecule has 0 aliphatic carbocycles. The quantitative estimate of drug-likeness (QED) is 0.845. The Morgan fingerprint density at radius 1 is 1.50 bits per heavy atom. The number of hydrogen-bond donors (Lipinski definition) is 2. The van der Waals surface area contributed by atoms with Crippen LogP contribution >= 0.6 is 0 Å². The first kappa shape index (κ1) is 14.6. The zero-order valence-electron chi connectivity index (χ0n) is 11.0. The number of aliphatic hydroxyl groups excluding tert-OH is 1. The molecule has 2 unspecified atom stereocenters. The van der Waals surface area contributed by atoms with E-state index in [0.29, 0.717) is 5.56 Å². The SMILES string of the molecule is CCC(C)C(O)CNC(=O)c1cccc(C)c1F. The normalized spacial score (nSPS) is 14.1. The van der Waals surface area contributed by atoms with Crippen molar-refractivity contribution in [3.63, 3.8) is 0 Å². The number of aliphatic hydroxyl groups is 1. The van der Waals surface area contributed by atoms with Gasteiger partial charge in [0.05, 0.1) is 11.7 Å². The Kier molecular flexibility index (Phi) is 5.28. The van der Waals surface area contributed by atoms with E-state index in [1.54, 1.807) is 19.1 Å². The molecule has 1 aromatic rings. The highest BCUT2D eigenvalue weighted by Gasteiger charge is 2.16. The number of nitrogens with one attached hydrogen (secondary N) is 1. The van der Waals surface area contributed by atoms with Crippen molar-refractivity contribution in [1.29, 1.82) is 0 Å². The van der Waals surface area contributed by atoms with Crippen molar-refractivity contribution in [2.75, 3.05) is 6.54 Å². The Morgan fingerprint density at radius 3 is 2.78 bits per heavy atom. The summed E-state index contributed by atoms with van der Waals surface area (Å²) in [5.41, 5.74) is 0.455. The van der Waals surface area contributed by atoms with Crippen molar-refractivity contribution in [2.24, 2.45) is 5.92 Å². The molecular weight excluding hydrogens is 233 g/mol. The van der Waals surface area contributed by atoms with Crippen LogP contribution in [0.25, 0.3) is 0 Å². The van der Waals surface area contributed by atoms with Gasteiger partial charge in [0.25, 0.3) is 5.91 Å². The number of hydrogen-bond acceptors (Lipinski definition) is 2. The van der Waals surface area contributed by atoms with Crippen molar-refractivity contribution >= 4 is 5.91 Å². The summed E-state index contributed by atoms with van der Waals surface area (Å²) in [6, 6.07) is 4.69. The lowest BCUT2D eigenvalue weighted by atomic mass is 10.0. The van der Waals surface area contributed by atoms with Gasteiger partial charge in [0.2, 0.25) is 0 Å². The molecule has 0 spiro atoms. The Hall–Kier alpha value is -1.42. The minimum atomic E-state index is -0.605. The van der Waals surface area contributed by atoms with Gasteiger partial charge in [0, 0.05) is 6.54 Å². The molecule has 0 saturated heterocycles. The summed E-state index contributed by atoms with van der Waals surface area (Å²) in [5.74, 6) is -0.890. The first-order valence-corrected chi connectivity index (χ1v) is 6.18. The largest absolute Gasteiger partial charge is 0.391 e. The second kappa shape index (κ2) is 6.50. The molecule has 1 rings (SSSR count). The standard InChI is InChI=1S/C14H20FNO2/c1-4-9(2)12(17)8-16-14(18)11-7-5-6-10(3)13(11)15/h5-7,9,12,17H,4,8H2,1-3H3,(H,16,18). The molecule has 18 heavy (non-hydrogen) atoms. The topological polar surface area (TPSA) is 49.3 Å². The predicted octanol–water partition coefficient (Wildman–Crippen LogP) is 2.27. The van der Waals surface area contributed by atoms with Gasteiger partial charge in [-0.1, -0.05) is 32.4 Å². The average Bonchev–Trinajstić information content (AvgIpc) is 2.37. The van der Waals surface area contributed by atoms with Gasteiger partial charge in [0.15, 0.2) is 0 Å². The van der Waals surface area contributed by atoms with Gasteiger partial charge >= 0.3 is 0 Å². The van der Waals surface area contributed by atoms with Crippen LogP contribution in [0.2, 0.25) is 0 Å². The number of carbonyl (C=O) groups is 1. The molecule has 0 aliphatic rings. The van der Waals surface area contributed by atoms with E-state index in [0.717, 1.165) is 6.42 Å². The molecule has 1 aromatic carbocycles. The molecule has 0 radical (unpaired) electrons. The summed E-state index contributed by atoms with van der Waals surface area (Å²) in [6.45, 7) is 5.63. The number of aryl methyl sites for hydroxylation is 1. The molecule has 0 fully saturated rings. The summed E-state index contributed by atoms with van der Waals surface area (Å²) in [4.78, 5) is 11.8. The summed E-state index contributed by atoms with van der Waals surface area (Å²) in [5, 5.41) is 12.3. The van der Waals surface area contributed by atoms with Gasteiger partial charge in [0.1, 0.15) is 5.82 Å². The number of amides is 1. The molecule has 1 amide bonds. The first-order valence-electron chi connectivity index (χ1n) is 6.18. The van der Waals surface area contributed by atoms with Crippen LogP contribution in [0.4, 0.5) is 4.39 Å². The Balaban J connectivity index is 2.64. The second-order valence-electron chi connectivity index (χ2n) is 4.60. The fourth-order valence-corrected chi connectivity index (χ4v) is 1.59. The summed E-state index contributed by atoms with van der Waals surface area (Å²) in [6.07, 6.45) is 0.224. The molecule has 0 aromatic heterocycles. The fraction of sp³-hybridized carbons (Fsp3) is 0.500. The molecular formula is C14H20FNO2. The lowest BCUT2D eigenvalue weighted by Gasteiger charge is -2.17. The molecule has 0 aliphatic heterocycles. The zero-order chi connectivity index (χ0) is 13.7. The van der Waals surface area contributed by atoms with Crippen molar-refractivity contribution in [3.05, 3.63) is 35.1 Å². The van der Waals surface area contributed by atoms with Gasteiger partial charge in [-0.25, -0.2) is 4.39 Å². The van der Waals surface area contributed by atoms with E-state index in [4.69, 9.17) is 0 Å². The average molecular weight is 253 g/mol. The number of benzene rings is 1. The molecule has 0 heterocycles. The maximum Gasteiger partial charge on any atom is 0.254 e. The molecule has 100 valence electrons. The Labute approximate surface area is 107 Å². The van der Waals surface area contributed by atoms with E-state index >= 15 is 0 Å². The molecule has 2 atom stereocenters. The summed E-state index contributed by atoms with van der Waals surface area (Å²) in [7, 11) is 0. The van der Waals surface area contributed by atoms with Crippen LogP contribution in [0, 0.1) is 18.7 Å². The van der Waals surface area contributed by atoms with E-state index in [1.807, 2.05) is 13.8 Å². The minimum absolute atomic E-state index is 0.0198. The van der Waals surface area contributed by atoms with E-state index in [1.165, 1.54) is 6.07 Å². The third-order valence-corrected chi connectivity index (χ3v) is 3.21. The highest BCUT2D eigenvalue weighted by molar-refractivity contribution is 5.94. The smallest absolute Gasteiger partial charge is 0.254 e. The van der Waals surface area contributed by atoms with Crippen LogP contribution in [-0.4, -0.2) is 23.7 Å². The van der Waals surface area contributed by atoms with Gasteiger partial charge in [-0.2, -0.15) is 0 Å². The van der Waals surface area contributed by atoms with Crippen LogP contribution < -0.4 is 5.32 Å². The van der Waals surface area contributed by atoms with Crippen LogP contribution in [0.15, 0.2) is 18.2 Å². The number of halogens is 1. The first-order chi connectivity index (χ1) is 8.47. The minimum Gasteiger partial charge on any atom is -0.391 e. The predicted molar refractivity (Wildman–Crippen MR) is 68.9 cm³/mol. The van der Waals surface area contributed by atoms with Crippen molar-refractivity contribution < 1.29 is 14.3 Å². The highest BCUT2D eigenvalue weighted by Crippen LogP contribution is 2.12. The molecule has 0 bridgehead atoms. The third kappa shape index (κ3) is 3.53. The van der Waals surface area contributed by atoms with Crippen LogP contribution in [0.1, 0.15) is 36.2 Å². The number of carbonyl (C=O) groups excluding carboxylic acids is 1. The second-order valence-corrected chi connectivity index (χ2v) is 4.60. The highest BCUT2D eigenvalue weighted by atomic mass is 19.1. The monoisotopic (exact) mass is 253 g/mol. The van der Waals surface area contributed by atoms with Crippen molar-refractivity contribution in [3.8, 4) is 0 Å². The molecule has 2 N–H and O–H groups in total. The van der Waals surface area contributed by atoms with Crippen LogP contribution in [0.3, 0.4) is 0 Å². The van der Waals surface area contributed by atoms with E-state index < -0.39 is 17.8 Å². The van der Waals surface area contributed by atoms with Crippen molar-refractivity contribution in [1.82, 2.24) is 5.32 Å². The maximum absolute atomic E-state index is 13.7. The zero-order valence-corrected chi connectivity index (χ0v) is 11.0. The molecule has 0 saturated carbocycles. The van der Waals surface area contributed by atoms with E-state index in [2.05, 4.69) is 5.32 Å². The van der Waals surface area contributed by atoms with Crippen molar-refractivity contribution in [2.45, 2.75) is 33.3 Å². The fourth-order valence-electron chi connectivity index (χ4n) is 1.59. The lowest BCUT2D eigenvalue weighted by molar-refractivity contribution is 0.0846. The summed E-state index contributed by atoms with van der Waals surface area (Å²) >= 11 is 0. The van der Waals surface area contributed by atoms with Gasteiger partial charge in [-0.3, -0.25) is 4.79 Å². The Bertz CT molecular complexity index is 420. The van der Waals surface area contributed by atoms with Crippen LogP contribution in [-0.2, 0) is 0 Å². The lowest BCUT2D eigenvalue weighted by Crippen LogP contribution is -2.35. The molecule has 3 nitrogen and oxygen atoms in total. The van der Waals surface area contributed by atoms with Crippen LogP contribution in [0.5, 0.6) is 0 Å². The van der Waals surface area contributed by atoms with Gasteiger partial charge < -0.3 is 10.4 Å². The van der Waals surface area contributed by atoms with E-state index in [-0.39, 0.29) is 18.0 Å². The van der Waals surface area contributed by atoms with Gasteiger partial charge in [-0.15, -0.1) is 0 Å². The molecule has 4 heteroatoms. The van der Waals surface area contributed by atoms with Gasteiger partial charge in [-0.05, 0) is 24.5 Å². The maximum atomic E-state index is 13.7. The summed E-state index contributed by atoms with van der Waals surface area (Å²) < 4.78 is 13.7. The Morgan fingerprint density at radius 2 is 2.17 bits per heavy atom.